The van der Waals surface area contributed by atoms with Crippen molar-refractivity contribution in [2.45, 2.75) is 13.3 Å². The molecule has 2 N–H and O–H groups in total. The van der Waals surface area contributed by atoms with E-state index in [1.165, 1.54) is 25.1 Å². The van der Waals surface area contributed by atoms with Crippen LogP contribution in [0.15, 0.2) is 30.5 Å². The van der Waals surface area contributed by atoms with E-state index in [1.54, 1.807) is 0 Å². The zero-order valence-electron chi connectivity index (χ0n) is 10.5. The maximum atomic E-state index is 13.3. The normalized spacial score (nSPS) is 10.8. The predicted molar refractivity (Wildman–Crippen MR) is 68.2 cm³/mol. The number of aromatic nitrogens is 1. The minimum absolute atomic E-state index is 0.0176. The largest absolute Gasteiger partial charge is 0.396 e. The number of hydrogen-bond donors (Lipinski definition) is 1. The lowest BCUT2D eigenvalue weighted by molar-refractivity contribution is 0.103. The number of ketones is 1. The number of alkyl halides is 2. The number of nitrogens with two attached hydrogens (primary N) is 1. The van der Waals surface area contributed by atoms with E-state index in [4.69, 9.17) is 5.73 Å². The van der Waals surface area contributed by atoms with E-state index in [9.17, 15) is 18.0 Å². The molecular formula is C14H11F3N2O. The Labute approximate surface area is 113 Å². The topological polar surface area (TPSA) is 56.0 Å². The van der Waals surface area contributed by atoms with Gasteiger partial charge in [-0.2, -0.15) is 0 Å². The average Bonchev–Trinajstić information content (AvgIpc) is 2.40. The van der Waals surface area contributed by atoms with E-state index in [2.05, 4.69) is 4.98 Å². The number of hydrogen-bond acceptors (Lipinski definition) is 3. The van der Waals surface area contributed by atoms with Crippen LogP contribution in [0.25, 0.3) is 0 Å². The number of nitrogen functional groups attached to an aromatic ring is 1. The highest BCUT2D eigenvalue weighted by molar-refractivity contribution is 6.12. The number of anilines is 1. The van der Waals surface area contributed by atoms with Gasteiger partial charge in [-0.1, -0.05) is 6.07 Å². The maximum absolute atomic E-state index is 13.3. The summed E-state index contributed by atoms with van der Waals surface area (Å²) in [6.07, 6.45) is -1.67. The van der Waals surface area contributed by atoms with E-state index in [0.29, 0.717) is 0 Å². The minimum atomic E-state index is -2.71. The molecule has 20 heavy (non-hydrogen) atoms. The van der Waals surface area contributed by atoms with Crippen molar-refractivity contribution >= 4 is 11.5 Å². The fraction of sp³-hybridized carbons (Fsp3) is 0.143. The second kappa shape index (κ2) is 5.32. The molecule has 0 aliphatic carbocycles. The maximum Gasteiger partial charge on any atom is 0.280 e. The number of aryl methyl sites for hydroxylation is 1. The Balaban J connectivity index is 2.44. The van der Waals surface area contributed by atoms with Crippen molar-refractivity contribution in [2.24, 2.45) is 0 Å². The lowest BCUT2D eigenvalue weighted by atomic mass is 10.0. The van der Waals surface area contributed by atoms with Crippen molar-refractivity contribution in [1.29, 1.82) is 0 Å². The number of para-hydroxylation sites is 1. The van der Waals surface area contributed by atoms with Gasteiger partial charge in [-0.3, -0.25) is 9.78 Å². The summed E-state index contributed by atoms with van der Waals surface area (Å²) in [5.74, 6) is -1.26. The van der Waals surface area contributed by atoms with Crippen LogP contribution in [-0.4, -0.2) is 10.8 Å². The average molecular weight is 280 g/mol. The summed E-state index contributed by atoms with van der Waals surface area (Å²) in [5.41, 5.74) is 5.11. The molecule has 1 aromatic carbocycles. The number of rotatable bonds is 3. The molecule has 0 bridgehead atoms. The highest BCUT2D eigenvalue weighted by atomic mass is 19.3. The van der Waals surface area contributed by atoms with Gasteiger partial charge in [0.15, 0.2) is 5.78 Å². The molecule has 0 fully saturated rings. The molecule has 0 saturated carbocycles. The summed E-state index contributed by atoms with van der Waals surface area (Å²) >= 11 is 0. The van der Waals surface area contributed by atoms with Crippen molar-refractivity contribution < 1.29 is 18.0 Å². The summed E-state index contributed by atoms with van der Waals surface area (Å²) in [5, 5.41) is 0. The van der Waals surface area contributed by atoms with Crippen molar-refractivity contribution in [3.63, 3.8) is 0 Å². The van der Waals surface area contributed by atoms with Crippen LogP contribution in [0.1, 0.15) is 33.6 Å². The van der Waals surface area contributed by atoms with Gasteiger partial charge in [-0.05, 0) is 30.7 Å². The van der Waals surface area contributed by atoms with Crippen LogP contribution in [-0.2, 0) is 0 Å². The molecule has 3 nitrogen and oxygen atoms in total. The van der Waals surface area contributed by atoms with Crippen LogP contribution in [0.2, 0.25) is 0 Å². The van der Waals surface area contributed by atoms with Crippen LogP contribution in [0, 0.1) is 12.7 Å². The third kappa shape index (κ3) is 2.49. The molecule has 104 valence electrons. The number of pyridine rings is 1. The van der Waals surface area contributed by atoms with Crippen molar-refractivity contribution in [2.75, 3.05) is 5.73 Å². The lowest BCUT2D eigenvalue weighted by Gasteiger charge is -2.08. The molecule has 1 heterocycles. The van der Waals surface area contributed by atoms with Gasteiger partial charge < -0.3 is 5.73 Å². The Morgan fingerprint density at radius 2 is 2.05 bits per heavy atom. The summed E-state index contributed by atoms with van der Waals surface area (Å²) in [4.78, 5) is 15.7. The Kier molecular flexibility index (Phi) is 3.74. The molecule has 0 radical (unpaired) electrons. The van der Waals surface area contributed by atoms with Crippen LogP contribution in [0.3, 0.4) is 0 Å². The first-order valence-corrected chi connectivity index (χ1v) is 5.75. The second-order valence-corrected chi connectivity index (χ2v) is 4.26. The summed E-state index contributed by atoms with van der Waals surface area (Å²) in [6.45, 7) is 1.43. The molecule has 2 rings (SSSR count). The molecule has 1 aromatic heterocycles. The van der Waals surface area contributed by atoms with Crippen molar-refractivity contribution in [1.82, 2.24) is 4.98 Å². The van der Waals surface area contributed by atoms with E-state index >= 15 is 0 Å². The zero-order valence-corrected chi connectivity index (χ0v) is 10.5. The third-order valence-electron chi connectivity index (χ3n) is 2.89. The van der Waals surface area contributed by atoms with Crippen molar-refractivity contribution in [3.05, 3.63) is 58.7 Å². The van der Waals surface area contributed by atoms with Gasteiger partial charge in [-0.15, -0.1) is 0 Å². The number of nitrogens with zero attached hydrogens (tertiary/aromatic N) is 1. The Morgan fingerprint density at radius 1 is 1.35 bits per heavy atom. The number of halogens is 3. The highest BCUT2D eigenvalue weighted by Crippen LogP contribution is 2.23. The number of carbonyl (C=O) groups excluding carboxylic acids is 1. The van der Waals surface area contributed by atoms with Gasteiger partial charge in [0.2, 0.25) is 0 Å². The Bertz CT molecular complexity index is 671. The van der Waals surface area contributed by atoms with E-state index < -0.39 is 18.0 Å². The van der Waals surface area contributed by atoms with E-state index in [-0.39, 0.29) is 28.1 Å². The van der Waals surface area contributed by atoms with Gasteiger partial charge in [-0.25, -0.2) is 13.2 Å². The Morgan fingerprint density at radius 3 is 2.65 bits per heavy atom. The molecule has 0 aliphatic heterocycles. The SMILES string of the molecule is Cc1cc(C(=O)c2cccc(F)c2N)cnc1C(F)F. The monoisotopic (exact) mass is 280 g/mol. The molecule has 0 spiro atoms. The fourth-order valence-electron chi connectivity index (χ4n) is 1.83. The lowest BCUT2D eigenvalue weighted by Crippen LogP contribution is -2.08. The molecule has 0 amide bonds. The zero-order chi connectivity index (χ0) is 14.9. The van der Waals surface area contributed by atoms with Gasteiger partial charge in [0.05, 0.1) is 5.69 Å². The van der Waals surface area contributed by atoms with Crippen LogP contribution in [0.5, 0.6) is 0 Å². The molecule has 2 aromatic rings. The predicted octanol–water partition coefficient (Wildman–Crippen LogP) is 3.28. The number of carbonyl (C=O) groups is 1. The van der Waals surface area contributed by atoms with Crippen LogP contribution in [0.4, 0.5) is 18.9 Å². The van der Waals surface area contributed by atoms with Gasteiger partial charge >= 0.3 is 0 Å². The summed E-state index contributed by atoms with van der Waals surface area (Å²) < 4.78 is 38.5. The second-order valence-electron chi connectivity index (χ2n) is 4.26. The third-order valence-corrected chi connectivity index (χ3v) is 2.89. The first kappa shape index (κ1) is 14.0. The first-order valence-electron chi connectivity index (χ1n) is 5.75. The molecule has 0 atom stereocenters. The van der Waals surface area contributed by atoms with E-state index in [1.807, 2.05) is 0 Å². The Hall–Kier alpha value is -2.37. The van der Waals surface area contributed by atoms with Gasteiger partial charge in [0.1, 0.15) is 11.5 Å². The quantitative estimate of drug-likeness (QED) is 0.693. The molecule has 0 unspecified atom stereocenters. The first-order chi connectivity index (χ1) is 9.41. The number of benzene rings is 1. The van der Waals surface area contributed by atoms with Gasteiger partial charge in [0, 0.05) is 17.3 Å². The standard InChI is InChI=1S/C14H11F3N2O/c1-7-5-8(6-19-12(7)14(16)17)13(20)9-3-2-4-10(15)11(9)18/h2-6,14H,18H2,1H3. The van der Waals surface area contributed by atoms with Crippen LogP contribution < -0.4 is 5.73 Å². The van der Waals surface area contributed by atoms with E-state index in [0.717, 1.165) is 12.3 Å². The molecule has 6 heteroatoms. The van der Waals surface area contributed by atoms with Crippen LogP contribution >= 0.6 is 0 Å². The fourth-order valence-corrected chi connectivity index (χ4v) is 1.83. The summed E-state index contributed by atoms with van der Waals surface area (Å²) in [6, 6.07) is 5.15. The smallest absolute Gasteiger partial charge is 0.280 e. The minimum Gasteiger partial charge on any atom is -0.396 e. The summed E-state index contributed by atoms with van der Waals surface area (Å²) in [7, 11) is 0. The van der Waals surface area contributed by atoms with Crippen molar-refractivity contribution in [3.8, 4) is 0 Å². The molecule has 0 saturated heterocycles. The van der Waals surface area contributed by atoms with Gasteiger partial charge in [0.25, 0.3) is 6.43 Å². The highest BCUT2D eigenvalue weighted by Gasteiger charge is 2.18. The molecular weight excluding hydrogens is 269 g/mol. The molecule has 0 aliphatic rings.